The van der Waals surface area contributed by atoms with E-state index in [0.29, 0.717) is 24.4 Å². The van der Waals surface area contributed by atoms with Crippen LogP contribution in [0.5, 0.6) is 0 Å². The Morgan fingerprint density at radius 3 is 2.96 bits per heavy atom. The topological polar surface area (TPSA) is 55.1 Å². The van der Waals surface area contributed by atoms with E-state index in [9.17, 15) is 9.18 Å². The fourth-order valence-electron chi connectivity index (χ4n) is 2.36. The molecule has 0 aliphatic rings. The van der Waals surface area contributed by atoms with Gasteiger partial charge >= 0.3 is 0 Å². The van der Waals surface area contributed by atoms with Crippen molar-refractivity contribution in [2.75, 3.05) is 6.54 Å². The maximum atomic E-state index is 13.7. The fourth-order valence-corrected chi connectivity index (χ4v) is 2.61. The number of aromatic nitrogens is 1. The molecular formula is C17H14ClFN2O2. The van der Waals surface area contributed by atoms with Crippen LogP contribution in [0.1, 0.15) is 21.8 Å². The lowest BCUT2D eigenvalue weighted by Gasteiger charge is -2.07. The van der Waals surface area contributed by atoms with E-state index in [1.807, 2.05) is 18.2 Å². The van der Waals surface area contributed by atoms with Crippen molar-refractivity contribution in [1.29, 1.82) is 0 Å². The van der Waals surface area contributed by atoms with Crippen LogP contribution in [0.2, 0.25) is 5.02 Å². The first-order valence-corrected chi connectivity index (χ1v) is 7.50. The summed E-state index contributed by atoms with van der Waals surface area (Å²) in [5.41, 5.74) is 2.38. The summed E-state index contributed by atoms with van der Waals surface area (Å²) in [5, 5.41) is 2.77. The van der Waals surface area contributed by atoms with Gasteiger partial charge in [0.05, 0.1) is 10.6 Å². The minimum absolute atomic E-state index is 0.0982. The molecule has 0 atom stereocenters. The predicted molar refractivity (Wildman–Crippen MR) is 86.2 cm³/mol. The highest BCUT2D eigenvalue weighted by molar-refractivity contribution is 6.33. The SMILES string of the molecule is Cc1nc2ccc(CCNC(=O)c3c(F)cccc3Cl)cc2o1. The molecule has 4 nitrogen and oxygen atoms in total. The Bertz CT molecular complexity index is 856. The van der Waals surface area contributed by atoms with E-state index >= 15 is 0 Å². The van der Waals surface area contributed by atoms with Crippen molar-refractivity contribution < 1.29 is 13.6 Å². The highest BCUT2D eigenvalue weighted by atomic mass is 35.5. The Hall–Kier alpha value is -2.40. The number of hydrogen-bond acceptors (Lipinski definition) is 3. The Kier molecular flexibility index (Phi) is 4.30. The molecule has 0 fully saturated rings. The van der Waals surface area contributed by atoms with Gasteiger partial charge in [-0.15, -0.1) is 0 Å². The molecule has 3 rings (SSSR count). The van der Waals surface area contributed by atoms with Crippen LogP contribution >= 0.6 is 11.6 Å². The number of oxazole rings is 1. The lowest BCUT2D eigenvalue weighted by atomic mass is 10.1. The molecule has 0 unspecified atom stereocenters. The average Bonchev–Trinajstić information content (AvgIpc) is 2.86. The molecule has 1 amide bonds. The monoisotopic (exact) mass is 332 g/mol. The van der Waals surface area contributed by atoms with E-state index in [1.54, 1.807) is 6.92 Å². The zero-order chi connectivity index (χ0) is 16.4. The van der Waals surface area contributed by atoms with E-state index in [4.69, 9.17) is 16.0 Å². The van der Waals surface area contributed by atoms with Crippen LogP contribution < -0.4 is 5.32 Å². The average molecular weight is 333 g/mol. The number of rotatable bonds is 4. The minimum atomic E-state index is -0.631. The second kappa shape index (κ2) is 6.38. The van der Waals surface area contributed by atoms with Crippen molar-refractivity contribution >= 4 is 28.6 Å². The molecule has 0 radical (unpaired) electrons. The summed E-state index contributed by atoms with van der Waals surface area (Å²) in [6.45, 7) is 2.15. The van der Waals surface area contributed by atoms with E-state index < -0.39 is 11.7 Å². The second-order valence-electron chi connectivity index (χ2n) is 5.14. The molecule has 6 heteroatoms. The molecule has 0 aliphatic heterocycles. The Balaban J connectivity index is 1.65. The maximum Gasteiger partial charge on any atom is 0.255 e. The van der Waals surface area contributed by atoms with Gasteiger partial charge in [0.15, 0.2) is 11.5 Å². The minimum Gasteiger partial charge on any atom is -0.441 e. The molecule has 1 aromatic heterocycles. The van der Waals surface area contributed by atoms with Crippen LogP contribution in [-0.4, -0.2) is 17.4 Å². The number of halogens is 2. The molecule has 23 heavy (non-hydrogen) atoms. The highest BCUT2D eigenvalue weighted by Gasteiger charge is 2.15. The first-order chi connectivity index (χ1) is 11.0. The molecular weight excluding hydrogens is 319 g/mol. The lowest BCUT2D eigenvalue weighted by molar-refractivity contribution is 0.0950. The van der Waals surface area contributed by atoms with Gasteiger partial charge in [-0.25, -0.2) is 9.37 Å². The van der Waals surface area contributed by atoms with E-state index in [1.165, 1.54) is 18.2 Å². The van der Waals surface area contributed by atoms with Gasteiger partial charge < -0.3 is 9.73 Å². The number of amides is 1. The third-order valence-corrected chi connectivity index (χ3v) is 3.76. The quantitative estimate of drug-likeness (QED) is 0.788. The van der Waals surface area contributed by atoms with Gasteiger partial charge in [0.25, 0.3) is 5.91 Å². The largest absolute Gasteiger partial charge is 0.441 e. The van der Waals surface area contributed by atoms with E-state index in [2.05, 4.69) is 10.3 Å². The number of fused-ring (bicyclic) bond motifs is 1. The molecule has 118 valence electrons. The predicted octanol–water partition coefficient (Wildman–Crippen LogP) is 3.90. The molecule has 2 aromatic carbocycles. The maximum absolute atomic E-state index is 13.7. The van der Waals surface area contributed by atoms with Gasteiger partial charge in [0.2, 0.25) is 0 Å². The van der Waals surface area contributed by atoms with Crippen molar-refractivity contribution in [2.24, 2.45) is 0 Å². The van der Waals surface area contributed by atoms with Gasteiger partial charge in [-0.05, 0) is 36.2 Å². The Morgan fingerprint density at radius 1 is 1.35 bits per heavy atom. The number of carbonyl (C=O) groups is 1. The van der Waals surface area contributed by atoms with E-state index in [-0.39, 0.29) is 10.6 Å². The zero-order valence-electron chi connectivity index (χ0n) is 12.4. The van der Waals surface area contributed by atoms with Crippen molar-refractivity contribution in [3.8, 4) is 0 Å². The van der Waals surface area contributed by atoms with Crippen LogP contribution in [0, 0.1) is 12.7 Å². The number of nitrogens with zero attached hydrogens (tertiary/aromatic N) is 1. The van der Waals surface area contributed by atoms with Crippen molar-refractivity contribution in [3.05, 3.63) is 64.3 Å². The standard InChI is InChI=1S/C17H14ClFN2O2/c1-10-21-14-6-5-11(9-15(14)23-10)7-8-20-17(22)16-12(18)3-2-4-13(16)19/h2-6,9H,7-8H2,1H3,(H,20,22). The summed E-state index contributed by atoms with van der Waals surface area (Å²) in [7, 11) is 0. The van der Waals surface area contributed by atoms with Gasteiger partial charge in [-0.3, -0.25) is 4.79 Å². The smallest absolute Gasteiger partial charge is 0.255 e. The highest BCUT2D eigenvalue weighted by Crippen LogP contribution is 2.19. The van der Waals surface area contributed by atoms with Gasteiger partial charge in [-0.1, -0.05) is 23.7 Å². The van der Waals surface area contributed by atoms with Crippen molar-refractivity contribution in [2.45, 2.75) is 13.3 Å². The first-order valence-electron chi connectivity index (χ1n) is 7.13. The summed E-state index contributed by atoms with van der Waals surface area (Å²) in [4.78, 5) is 16.3. The number of nitrogens with one attached hydrogen (secondary N) is 1. The van der Waals surface area contributed by atoms with Crippen molar-refractivity contribution in [3.63, 3.8) is 0 Å². The molecule has 0 saturated carbocycles. The molecule has 1 N–H and O–H groups in total. The van der Waals surface area contributed by atoms with Crippen molar-refractivity contribution in [1.82, 2.24) is 10.3 Å². The van der Waals surface area contributed by atoms with Gasteiger partial charge in [0.1, 0.15) is 11.3 Å². The lowest BCUT2D eigenvalue weighted by Crippen LogP contribution is -2.26. The third-order valence-electron chi connectivity index (χ3n) is 3.45. The van der Waals surface area contributed by atoms with Crippen LogP contribution in [0.25, 0.3) is 11.1 Å². The summed E-state index contributed by atoms with van der Waals surface area (Å²) in [6, 6.07) is 9.84. The summed E-state index contributed by atoms with van der Waals surface area (Å²) < 4.78 is 19.1. The number of hydrogen-bond donors (Lipinski definition) is 1. The Morgan fingerprint density at radius 2 is 2.17 bits per heavy atom. The molecule has 3 aromatic rings. The molecule has 1 heterocycles. The van der Waals surface area contributed by atoms with Crippen LogP contribution in [-0.2, 0) is 6.42 Å². The normalized spacial score (nSPS) is 10.9. The van der Waals surface area contributed by atoms with E-state index in [0.717, 1.165) is 11.1 Å². The molecule has 0 aliphatic carbocycles. The van der Waals surface area contributed by atoms with Crippen LogP contribution in [0.3, 0.4) is 0 Å². The Labute approximate surface area is 137 Å². The van der Waals surface area contributed by atoms with Gasteiger partial charge in [-0.2, -0.15) is 0 Å². The summed E-state index contributed by atoms with van der Waals surface area (Å²) >= 11 is 5.87. The molecule has 0 saturated heterocycles. The second-order valence-corrected chi connectivity index (χ2v) is 5.54. The molecule has 0 bridgehead atoms. The van der Waals surface area contributed by atoms with Crippen LogP contribution in [0.4, 0.5) is 4.39 Å². The fraction of sp³-hybridized carbons (Fsp3) is 0.176. The molecule has 0 spiro atoms. The third kappa shape index (κ3) is 3.35. The number of benzene rings is 2. The number of aryl methyl sites for hydroxylation is 1. The number of carbonyl (C=O) groups excluding carboxylic acids is 1. The summed E-state index contributed by atoms with van der Waals surface area (Å²) in [5.74, 6) is -0.544. The zero-order valence-corrected chi connectivity index (χ0v) is 13.2. The van der Waals surface area contributed by atoms with Gasteiger partial charge in [0, 0.05) is 13.5 Å². The van der Waals surface area contributed by atoms with Crippen LogP contribution in [0.15, 0.2) is 40.8 Å². The summed E-state index contributed by atoms with van der Waals surface area (Å²) in [6.07, 6.45) is 0.591. The first kappa shape index (κ1) is 15.5.